The number of rotatable bonds is 8. The van der Waals surface area contributed by atoms with Crippen LogP contribution in [0.4, 0.5) is 0 Å². The van der Waals surface area contributed by atoms with Crippen molar-refractivity contribution in [1.29, 1.82) is 0 Å². The molecular weight excluding hydrogens is 371 g/mol. The van der Waals surface area contributed by atoms with Crippen LogP contribution in [0.3, 0.4) is 0 Å². The standard InChI is InChI=1S/C20H24Cl2N2O2/c21-17-6-7-19(22)20(16-17)26-15-13-24-10-8-23(9-11-24)12-14-25-18-4-2-1-3-5-18/h1-7,16H,8-15H2. The van der Waals surface area contributed by atoms with Crippen molar-refractivity contribution in [3.63, 3.8) is 0 Å². The van der Waals surface area contributed by atoms with Crippen molar-refractivity contribution in [2.24, 2.45) is 0 Å². The number of hydrogen-bond donors (Lipinski definition) is 0. The molecule has 0 saturated carbocycles. The van der Waals surface area contributed by atoms with E-state index in [2.05, 4.69) is 9.80 Å². The molecule has 6 heteroatoms. The molecule has 0 bridgehead atoms. The van der Waals surface area contributed by atoms with Gasteiger partial charge >= 0.3 is 0 Å². The van der Waals surface area contributed by atoms with E-state index in [1.807, 2.05) is 30.3 Å². The lowest BCUT2D eigenvalue weighted by Gasteiger charge is -2.34. The lowest BCUT2D eigenvalue weighted by atomic mass is 10.3. The average molecular weight is 395 g/mol. The predicted octanol–water partition coefficient (Wildman–Crippen LogP) is 4.07. The maximum atomic E-state index is 6.11. The highest BCUT2D eigenvalue weighted by Gasteiger charge is 2.16. The van der Waals surface area contributed by atoms with Crippen molar-refractivity contribution in [2.75, 3.05) is 52.5 Å². The Kier molecular flexibility index (Phi) is 7.44. The van der Waals surface area contributed by atoms with Crippen molar-refractivity contribution in [1.82, 2.24) is 9.80 Å². The summed E-state index contributed by atoms with van der Waals surface area (Å²) in [6.45, 7) is 7.36. The molecular formula is C20H24Cl2N2O2. The minimum Gasteiger partial charge on any atom is -0.492 e. The lowest BCUT2D eigenvalue weighted by molar-refractivity contribution is 0.105. The summed E-state index contributed by atoms with van der Waals surface area (Å²) in [5.41, 5.74) is 0. The van der Waals surface area contributed by atoms with E-state index in [0.29, 0.717) is 22.4 Å². The molecule has 1 fully saturated rings. The van der Waals surface area contributed by atoms with Crippen LogP contribution in [0.15, 0.2) is 48.5 Å². The Labute approximate surface area is 165 Å². The molecule has 0 spiro atoms. The Bertz CT molecular complexity index is 677. The van der Waals surface area contributed by atoms with Crippen LogP contribution in [-0.4, -0.2) is 62.3 Å². The van der Waals surface area contributed by atoms with Gasteiger partial charge in [-0.1, -0.05) is 41.4 Å². The van der Waals surface area contributed by atoms with E-state index in [1.54, 1.807) is 18.2 Å². The van der Waals surface area contributed by atoms with E-state index in [0.717, 1.165) is 51.6 Å². The van der Waals surface area contributed by atoms with Gasteiger partial charge in [0.05, 0.1) is 5.02 Å². The summed E-state index contributed by atoms with van der Waals surface area (Å²) < 4.78 is 11.5. The highest BCUT2D eigenvalue weighted by Crippen LogP contribution is 2.27. The van der Waals surface area contributed by atoms with Gasteiger partial charge in [-0.2, -0.15) is 0 Å². The minimum absolute atomic E-state index is 0.595. The summed E-state index contributed by atoms with van der Waals surface area (Å²) in [4.78, 5) is 4.85. The number of benzene rings is 2. The molecule has 140 valence electrons. The average Bonchev–Trinajstić information content (AvgIpc) is 2.67. The second kappa shape index (κ2) is 10.0. The molecule has 0 atom stereocenters. The third-order valence-corrected chi connectivity index (χ3v) is 4.99. The summed E-state index contributed by atoms with van der Waals surface area (Å²) in [6, 6.07) is 15.2. The van der Waals surface area contributed by atoms with Gasteiger partial charge in [-0.05, 0) is 24.3 Å². The molecule has 3 rings (SSSR count). The fourth-order valence-corrected chi connectivity index (χ4v) is 3.25. The molecule has 4 nitrogen and oxygen atoms in total. The van der Waals surface area contributed by atoms with Crippen LogP contribution in [0, 0.1) is 0 Å². The molecule has 0 N–H and O–H groups in total. The maximum Gasteiger partial charge on any atom is 0.139 e. The molecule has 1 heterocycles. The van der Waals surface area contributed by atoms with Gasteiger partial charge in [-0.3, -0.25) is 9.80 Å². The molecule has 1 aliphatic rings. The minimum atomic E-state index is 0.595. The Balaban J connectivity index is 1.30. The highest BCUT2D eigenvalue weighted by molar-refractivity contribution is 6.34. The summed E-state index contributed by atoms with van der Waals surface area (Å²) in [6.07, 6.45) is 0. The maximum absolute atomic E-state index is 6.11. The van der Waals surface area contributed by atoms with Gasteiger partial charge in [0.2, 0.25) is 0 Å². The zero-order chi connectivity index (χ0) is 18.2. The van der Waals surface area contributed by atoms with Crippen LogP contribution in [-0.2, 0) is 0 Å². The third kappa shape index (κ3) is 6.06. The van der Waals surface area contributed by atoms with Gasteiger partial charge in [0.15, 0.2) is 0 Å². The third-order valence-electron chi connectivity index (χ3n) is 4.44. The topological polar surface area (TPSA) is 24.9 Å². The Morgan fingerprint density at radius 2 is 1.38 bits per heavy atom. The number of ether oxygens (including phenoxy) is 2. The highest BCUT2D eigenvalue weighted by atomic mass is 35.5. The Hall–Kier alpha value is -1.46. The lowest BCUT2D eigenvalue weighted by Crippen LogP contribution is -2.48. The monoisotopic (exact) mass is 394 g/mol. The molecule has 2 aromatic carbocycles. The van der Waals surface area contributed by atoms with E-state index in [9.17, 15) is 0 Å². The first-order chi connectivity index (χ1) is 12.7. The molecule has 2 aromatic rings. The molecule has 0 amide bonds. The second-order valence-corrected chi connectivity index (χ2v) is 7.11. The molecule has 26 heavy (non-hydrogen) atoms. The van der Waals surface area contributed by atoms with Crippen molar-refractivity contribution in [2.45, 2.75) is 0 Å². The van der Waals surface area contributed by atoms with Crippen LogP contribution >= 0.6 is 23.2 Å². The van der Waals surface area contributed by atoms with Gasteiger partial charge < -0.3 is 9.47 Å². The van der Waals surface area contributed by atoms with E-state index in [4.69, 9.17) is 32.7 Å². The van der Waals surface area contributed by atoms with E-state index >= 15 is 0 Å². The van der Waals surface area contributed by atoms with Gasteiger partial charge in [0.25, 0.3) is 0 Å². The number of halogens is 2. The van der Waals surface area contributed by atoms with Gasteiger partial charge in [-0.15, -0.1) is 0 Å². The second-order valence-electron chi connectivity index (χ2n) is 6.27. The normalized spacial score (nSPS) is 15.8. The van der Waals surface area contributed by atoms with Crippen molar-refractivity contribution in [3.8, 4) is 11.5 Å². The van der Waals surface area contributed by atoms with Gasteiger partial charge in [-0.25, -0.2) is 0 Å². The fraction of sp³-hybridized carbons (Fsp3) is 0.400. The molecule has 0 aliphatic carbocycles. The predicted molar refractivity (Wildman–Crippen MR) is 107 cm³/mol. The zero-order valence-electron chi connectivity index (χ0n) is 14.7. The first-order valence-corrected chi connectivity index (χ1v) is 9.67. The molecule has 0 unspecified atom stereocenters. The molecule has 0 radical (unpaired) electrons. The molecule has 1 aliphatic heterocycles. The van der Waals surface area contributed by atoms with Crippen LogP contribution in [0.2, 0.25) is 10.0 Å². The summed E-state index contributed by atoms with van der Waals surface area (Å²) >= 11 is 12.1. The number of nitrogens with zero attached hydrogens (tertiary/aromatic N) is 2. The summed E-state index contributed by atoms with van der Waals surface area (Å²) in [5.74, 6) is 1.58. The Morgan fingerprint density at radius 1 is 0.769 bits per heavy atom. The van der Waals surface area contributed by atoms with Gasteiger partial charge in [0.1, 0.15) is 24.7 Å². The van der Waals surface area contributed by atoms with E-state index < -0.39 is 0 Å². The fourth-order valence-electron chi connectivity index (χ4n) is 2.92. The number of hydrogen-bond acceptors (Lipinski definition) is 4. The Morgan fingerprint density at radius 3 is 2.04 bits per heavy atom. The molecule has 0 aromatic heterocycles. The van der Waals surface area contributed by atoms with Crippen molar-refractivity contribution in [3.05, 3.63) is 58.6 Å². The zero-order valence-corrected chi connectivity index (χ0v) is 16.3. The van der Waals surface area contributed by atoms with Gasteiger partial charge in [0, 0.05) is 50.4 Å². The molecule has 1 saturated heterocycles. The van der Waals surface area contributed by atoms with Crippen molar-refractivity contribution < 1.29 is 9.47 Å². The smallest absolute Gasteiger partial charge is 0.139 e. The first kappa shape index (κ1) is 19.3. The van der Waals surface area contributed by atoms with Crippen LogP contribution in [0.1, 0.15) is 0 Å². The largest absolute Gasteiger partial charge is 0.492 e. The number of piperazine rings is 1. The first-order valence-electron chi connectivity index (χ1n) is 8.91. The van der Waals surface area contributed by atoms with Crippen LogP contribution < -0.4 is 9.47 Å². The van der Waals surface area contributed by atoms with Crippen LogP contribution in [0.25, 0.3) is 0 Å². The quantitative estimate of drug-likeness (QED) is 0.673. The van der Waals surface area contributed by atoms with E-state index in [-0.39, 0.29) is 0 Å². The van der Waals surface area contributed by atoms with Crippen LogP contribution in [0.5, 0.6) is 11.5 Å². The SMILES string of the molecule is Clc1ccc(Cl)c(OCCN2CCN(CCOc3ccccc3)CC2)c1. The van der Waals surface area contributed by atoms with E-state index in [1.165, 1.54) is 0 Å². The number of para-hydroxylation sites is 1. The van der Waals surface area contributed by atoms with Crippen molar-refractivity contribution >= 4 is 23.2 Å². The summed E-state index contributed by atoms with van der Waals surface area (Å²) in [7, 11) is 0. The summed E-state index contributed by atoms with van der Waals surface area (Å²) in [5, 5.41) is 1.23.